The number of nitrogens with zero attached hydrogens (tertiary/aromatic N) is 2. The SMILES string of the molecule is CC(Nc1nncs1)c1ccc2[nH]c(=O)[nH]c2c1. The van der Waals surface area contributed by atoms with E-state index in [1.807, 2.05) is 25.1 Å². The monoisotopic (exact) mass is 261 g/mol. The molecular formula is C11H11N5OS. The molecule has 7 heteroatoms. The summed E-state index contributed by atoms with van der Waals surface area (Å²) in [6, 6.07) is 5.91. The van der Waals surface area contributed by atoms with E-state index in [1.165, 1.54) is 11.3 Å². The fraction of sp³-hybridized carbons (Fsp3) is 0.182. The van der Waals surface area contributed by atoms with E-state index in [4.69, 9.17) is 0 Å². The van der Waals surface area contributed by atoms with Crippen molar-refractivity contribution in [1.29, 1.82) is 0 Å². The Kier molecular flexibility index (Phi) is 2.60. The van der Waals surface area contributed by atoms with E-state index >= 15 is 0 Å². The number of fused-ring (bicyclic) bond motifs is 1. The van der Waals surface area contributed by atoms with Crippen molar-refractivity contribution >= 4 is 27.5 Å². The lowest BCUT2D eigenvalue weighted by atomic mass is 10.1. The summed E-state index contributed by atoms with van der Waals surface area (Å²) >= 11 is 1.46. The predicted molar refractivity (Wildman–Crippen MR) is 70.9 cm³/mol. The zero-order valence-electron chi connectivity index (χ0n) is 9.60. The van der Waals surface area contributed by atoms with Gasteiger partial charge >= 0.3 is 5.69 Å². The largest absolute Gasteiger partial charge is 0.354 e. The molecule has 3 N–H and O–H groups in total. The van der Waals surface area contributed by atoms with Gasteiger partial charge in [0.05, 0.1) is 17.1 Å². The minimum atomic E-state index is -0.188. The van der Waals surface area contributed by atoms with Gasteiger partial charge in [-0.2, -0.15) is 0 Å². The summed E-state index contributed by atoms with van der Waals surface area (Å²) in [5, 5.41) is 11.8. The first kappa shape index (κ1) is 11.0. The Balaban J connectivity index is 1.91. The molecule has 0 fully saturated rings. The normalized spacial score (nSPS) is 12.7. The van der Waals surface area contributed by atoms with Crippen LogP contribution in [0.3, 0.4) is 0 Å². The first-order chi connectivity index (χ1) is 8.72. The van der Waals surface area contributed by atoms with E-state index in [2.05, 4.69) is 25.5 Å². The second-order valence-electron chi connectivity index (χ2n) is 3.99. The van der Waals surface area contributed by atoms with Gasteiger partial charge in [0.1, 0.15) is 5.51 Å². The number of hydrogen-bond donors (Lipinski definition) is 3. The molecule has 1 unspecified atom stereocenters. The van der Waals surface area contributed by atoms with Gasteiger partial charge in [0.25, 0.3) is 0 Å². The van der Waals surface area contributed by atoms with Gasteiger partial charge in [-0.1, -0.05) is 17.4 Å². The zero-order valence-corrected chi connectivity index (χ0v) is 10.4. The Bertz CT molecular complexity index is 714. The van der Waals surface area contributed by atoms with E-state index in [1.54, 1.807) is 5.51 Å². The summed E-state index contributed by atoms with van der Waals surface area (Å²) in [6.45, 7) is 2.04. The smallest absolute Gasteiger partial charge is 0.323 e. The van der Waals surface area contributed by atoms with Crippen LogP contribution in [0.4, 0.5) is 5.13 Å². The van der Waals surface area contributed by atoms with Crippen molar-refractivity contribution in [1.82, 2.24) is 20.2 Å². The van der Waals surface area contributed by atoms with Crippen molar-refractivity contribution in [2.45, 2.75) is 13.0 Å². The van der Waals surface area contributed by atoms with Crippen molar-refractivity contribution in [3.8, 4) is 0 Å². The number of imidazole rings is 1. The van der Waals surface area contributed by atoms with Crippen LogP contribution in [0.15, 0.2) is 28.5 Å². The maximum absolute atomic E-state index is 11.2. The van der Waals surface area contributed by atoms with Crippen LogP contribution in [0.2, 0.25) is 0 Å². The molecule has 0 amide bonds. The lowest BCUT2D eigenvalue weighted by molar-refractivity contribution is 0.875. The van der Waals surface area contributed by atoms with Crippen LogP contribution in [0.25, 0.3) is 11.0 Å². The highest BCUT2D eigenvalue weighted by molar-refractivity contribution is 7.13. The van der Waals surface area contributed by atoms with Crippen LogP contribution in [-0.2, 0) is 0 Å². The Labute approximate surface area is 106 Å². The van der Waals surface area contributed by atoms with Crippen molar-refractivity contribution in [3.63, 3.8) is 0 Å². The molecule has 0 spiro atoms. The number of benzene rings is 1. The molecule has 0 saturated heterocycles. The van der Waals surface area contributed by atoms with Crippen molar-refractivity contribution in [2.75, 3.05) is 5.32 Å². The summed E-state index contributed by atoms with van der Waals surface area (Å²) < 4.78 is 0. The number of hydrogen-bond acceptors (Lipinski definition) is 5. The molecule has 6 nitrogen and oxygen atoms in total. The second-order valence-corrected chi connectivity index (χ2v) is 4.83. The Morgan fingerprint density at radius 1 is 1.33 bits per heavy atom. The number of anilines is 1. The standard InChI is InChI=1S/C11H11N5OS/c1-6(13-11-16-12-5-18-11)7-2-3-8-9(4-7)15-10(17)14-8/h2-6H,1H3,(H,13,16)(H2,14,15,17). The van der Waals surface area contributed by atoms with Crippen molar-refractivity contribution in [3.05, 3.63) is 39.8 Å². The summed E-state index contributed by atoms with van der Waals surface area (Å²) in [7, 11) is 0. The third-order valence-corrected chi connectivity index (χ3v) is 3.36. The molecule has 0 aliphatic rings. The van der Waals surface area contributed by atoms with Gasteiger partial charge in [0.15, 0.2) is 0 Å². The summed E-state index contributed by atoms with van der Waals surface area (Å²) in [6.07, 6.45) is 0. The molecule has 0 aliphatic carbocycles. The summed E-state index contributed by atoms with van der Waals surface area (Å²) in [5.74, 6) is 0. The van der Waals surface area contributed by atoms with E-state index in [9.17, 15) is 4.79 Å². The van der Waals surface area contributed by atoms with Crippen molar-refractivity contribution in [2.24, 2.45) is 0 Å². The molecule has 92 valence electrons. The van der Waals surface area contributed by atoms with Gasteiger partial charge in [0, 0.05) is 0 Å². The molecule has 1 atom stereocenters. The maximum atomic E-state index is 11.2. The van der Waals surface area contributed by atoms with Crippen LogP contribution < -0.4 is 11.0 Å². The van der Waals surface area contributed by atoms with Gasteiger partial charge < -0.3 is 15.3 Å². The molecule has 0 radical (unpaired) electrons. The average molecular weight is 261 g/mol. The predicted octanol–water partition coefficient (Wildman–Crippen LogP) is 1.88. The molecule has 1 aromatic carbocycles. The first-order valence-electron chi connectivity index (χ1n) is 5.47. The number of H-pyrrole nitrogens is 2. The molecule has 0 bridgehead atoms. The zero-order chi connectivity index (χ0) is 12.5. The Hall–Kier alpha value is -2.15. The Morgan fingerprint density at radius 2 is 2.17 bits per heavy atom. The number of rotatable bonds is 3. The van der Waals surface area contributed by atoms with E-state index in [0.717, 1.165) is 21.7 Å². The number of aromatic nitrogens is 4. The Morgan fingerprint density at radius 3 is 2.94 bits per heavy atom. The third kappa shape index (κ3) is 2.00. The number of nitrogens with one attached hydrogen (secondary N) is 3. The minimum absolute atomic E-state index is 0.0979. The summed E-state index contributed by atoms with van der Waals surface area (Å²) in [5.41, 5.74) is 4.19. The molecular weight excluding hydrogens is 250 g/mol. The lowest BCUT2D eigenvalue weighted by Crippen LogP contribution is -2.06. The molecule has 3 aromatic rings. The van der Waals surface area contributed by atoms with Gasteiger partial charge in [-0.3, -0.25) is 0 Å². The van der Waals surface area contributed by atoms with E-state index in [0.29, 0.717) is 0 Å². The van der Waals surface area contributed by atoms with E-state index < -0.39 is 0 Å². The van der Waals surface area contributed by atoms with Gasteiger partial charge in [-0.05, 0) is 24.6 Å². The summed E-state index contributed by atoms with van der Waals surface area (Å²) in [4.78, 5) is 16.6. The fourth-order valence-corrected chi connectivity index (χ4v) is 2.36. The third-order valence-electron chi connectivity index (χ3n) is 2.74. The molecule has 2 heterocycles. The van der Waals surface area contributed by atoms with Crippen LogP contribution >= 0.6 is 11.3 Å². The minimum Gasteiger partial charge on any atom is -0.354 e. The van der Waals surface area contributed by atoms with Gasteiger partial charge in [-0.15, -0.1) is 10.2 Å². The topological polar surface area (TPSA) is 86.5 Å². The quantitative estimate of drug-likeness (QED) is 0.672. The molecule has 0 aliphatic heterocycles. The maximum Gasteiger partial charge on any atom is 0.323 e. The van der Waals surface area contributed by atoms with Gasteiger partial charge in [0.2, 0.25) is 5.13 Å². The highest BCUT2D eigenvalue weighted by Crippen LogP contribution is 2.21. The first-order valence-corrected chi connectivity index (χ1v) is 6.35. The highest BCUT2D eigenvalue weighted by atomic mass is 32.1. The van der Waals surface area contributed by atoms with E-state index in [-0.39, 0.29) is 11.7 Å². The van der Waals surface area contributed by atoms with Crippen molar-refractivity contribution < 1.29 is 0 Å². The average Bonchev–Trinajstić information content (AvgIpc) is 2.95. The molecule has 18 heavy (non-hydrogen) atoms. The van der Waals surface area contributed by atoms with Crippen LogP contribution in [0, 0.1) is 0 Å². The van der Waals surface area contributed by atoms with Crippen LogP contribution in [0.1, 0.15) is 18.5 Å². The van der Waals surface area contributed by atoms with Crippen LogP contribution in [-0.4, -0.2) is 20.2 Å². The molecule has 3 rings (SSSR count). The molecule has 0 saturated carbocycles. The lowest BCUT2D eigenvalue weighted by Gasteiger charge is -2.12. The highest BCUT2D eigenvalue weighted by Gasteiger charge is 2.08. The second kappa shape index (κ2) is 4.26. The number of aromatic amines is 2. The van der Waals surface area contributed by atoms with Gasteiger partial charge in [-0.25, -0.2) is 4.79 Å². The van der Waals surface area contributed by atoms with Crippen LogP contribution in [0.5, 0.6) is 0 Å². The fourth-order valence-electron chi connectivity index (χ4n) is 1.82. The molecule has 2 aromatic heterocycles.